The Labute approximate surface area is 236 Å². The maximum absolute atomic E-state index is 13.1. The van der Waals surface area contributed by atoms with Gasteiger partial charge in [-0.15, -0.1) is 13.2 Å². The third-order valence-electron chi connectivity index (χ3n) is 7.26. The van der Waals surface area contributed by atoms with E-state index >= 15 is 0 Å². The molecule has 3 rings (SSSR count). The first kappa shape index (κ1) is 31.0. The van der Waals surface area contributed by atoms with Crippen LogP contribution in [0, 0.1) is 0 Å². The number of ether oxygens (including phenoxy) is 3. The molecule has 0 spiro atoms. The zero-order chi connectivity index (χ0) is 28.7. The Morgan fingerprint density at radius 1 is 1.00 bits per heavy atom. The normalized spacial score (nSPS) is 20.7. The number of carbonyl (C=O) groups excluding carboxylic acids is 1. The molecule has 0 aliphatic carbocycles. The van der Waals surface area contributed by atoms with Gasteiger partial charge in [-0.25, -0.2) is 0 Å². The summed E-state index contributed by atoms with van der Waals surface area (Å²) in [6.45, 7) is 20.5. The predicted molar refractivity (Wildman–Crippen MR) is 161 cm³/mol. The Kier molecular flexibility index (Phi) is 10.5. The van der Waals surface area contributed by atoms with Crippen molar-refractivity contribution in [3.63, 3.8) is 0 Å². The first-order valence-electron chi connectivity index (χ1n) is 14.1. The van der Waals surface area contributed by atoms with Crippen LogP contribution in [0.2, 0.25) is 5.04 Å². The monoisotopic (exact) mass is 550 g/mol. The quantitative estimate of drug-likeness (QED) is 0.166. The number of hydrogen-bond acceptors (Lipinski definition) is 5. The lowest BCUT2D eigenvalue weighted by Gasteiger charge is -2.44. The maximum atomic E-state index is 13.1. The molecule has 0 bridgehead atoms. The Morgan fingerprint density at radius 3 is 2.03 bits per heavy atom. The molecule has 0 radical (unpaired) electrons. The van der Waals surface area contributed by atoms with Crippen molar-refractivity contribution < 1.29 is 23.4 Å². The van der Waals surface area contributed by atoms with Crippen LogP contribution in [0.15, 0.2) is 86.0 Å². The van der Waals surface area contributed by atoms with Crippen molar-refractivity contribution in [3.05, 3.63) is 86.0 Å². The van der Waals surface area contributed by atoms with Crippen LogP contribution < -0.4 is 10.4 Å². The number of carbonyl (C=O) groups is 1. The van der Waals surface area contributed by atoms with Crippen molar-refractivity contribution in [2.45, 2.75) is 102 Å². The second-order valence-electron chi connectivity index (χ2n) is 11.7. The minimum atomic E-state index is -2.77. The number of hydrogen-bond donors (Lipinski definition) is 0. The minimum absolute atomic E-state index is 0.171. The maximum Gasteiger partial charge on any atom is 0.306 e. The van der Waals surface area contributed by atoms with E-state index in [4.69, 9.17) is 18.6 Å². The van der Waals surface area contributed by atoms with Gasteiger partial charge >= 0.3 is 5.97 Å². The molecule has 1 saturated heterocycles. The SMILES string of the molecule is C=C[C@@H]1OC(C)(C)O[C@@H]1[C@@H](CCC)OC(=O)CC[C@H](C=C)O[Si](c1ccccc1)(c1ccccc1)C(C)(C)C. The van der Waals surface area contributed by atoms with E-state index in [1.54, 1.807) is 6.08 Å². The highest BCUT2D eigenvalue weighted by molar-refractivity contribution is 6.99. The molecule has 1 aliphatic heterocycles. The molecule has 0 unspecified atom stereocenters. The average Bonchev–Trinajstić information content (AvgIpc) is 3.23. The van der Waals surface area contributed by atoms with E-state index in [0.717, 1.165) is 6.42 Å². The van der Waals surface area contributed by atoms with Crippen molar-refractivity contribution in [1.29, 1.82) is 0 Å². The van der Waals surface area contributed by atoms with E-state index in [1.807, 2.05) is 32.1 Å². The summed E-state index contributed by atoms with van der Waals surface area (Å²) in [5, 5.41) is 2.21. The predicted octanol–water partition coefficient (Wildman–Crippen LogP) is 6.32. The molecular formula is C33H46O5Si. The average molecular weight is 551 g/mol. The smallest absolute Gasteiger partial charge is 0.306 e. The van der Waals surface area contributed by atoms with E-state index < -0.39 is 20.2 Å². The van der Waals surface area contributed by atoms with Gasteiger partial charge in [0.2, 0.25) is 0 Å². The van der Waals surface area contributed by atoms with Crippen LogP contribution in [-0.2, 0) is 23.4 Å². The molecule has 0 amide bonds. The molecule has 39 heavy (non-hydrogen) atoms. The van der Waals surface area contributed by atoms with Gasteiger partial charge in [-0.05, 0) is 42.1 Å². The first-order valence-corrected chi connectivity index (χ1v) is 16.0. The third kappa shape index (κ3) is 7.37. The Hall–Kier alpha value is -2.51. The molecule has 4 atom stereocenters. The fraction of sp³-hybridized carbons (Fsp3) is 0.485. The molecule has 1 fully saturated rings. The fourth-order valence-corrected chi connectivity index (χ4v) is 10.2. The van der Waals surface area contributed by atoms with Gasteiger partial charge < -0.3 is 18.6 Å². The van der Waals surface area contributed by atoms with Crippen molar-refractivity contribution in [3.8, 4) is 0 Å². The summed E-state index contributed by atoms with van der Waals surface area (Å²) in [5.41, 5.74) is 0. The highest BCUT2D eigenvalue weighted by Crippen LogP contribution is 2.38. The molecular weight excluding hydrogens is 504 g/mol. The molecule has 1 aliphatic rings. The molecule has 0 saturated carbocycles. The van der Waals surface area contributed by atoms with Crippen molar-refractivity contribution in [2.75, 3.05) is 0 Å². The van der Waals surface area contributed by atoms with Crippen molar-refractivity contribution >= 4 is 24.7 Å². The molecule has 2 aromatic rings. The van der Waals surface area contributed by atoms with E-state index in [2.05, 4.69) is 89.4 Å². The zero-order valence-electron chi connectivity index (χ0n) is 24.5. The summed E-state index contributed by atoms with van der Waals surface area (Å²) in [6.07, 6.45) is 4.33. The zero-order valence-corrected chi connectivity index (χ0v) is 25.5. The van der Waals surface area contributed by atoms with Crippen LogP contribution in [0.25, 0.3) is 0 Å². The molecule has 0 aromatic heterocycles. The minimum Gasteiger partial charge on any atom is -0.459 e. The van der Waals surface area contributed by atoms with Gasteiger partial charge in [0.15, 0.2) is 5.79 Å². The summed E-state index contributed by atoms with van der Waals surface area (Å²) >= 11 is 0. The van der Waals surface area contributed by atoms with Gasteiger partial charge in [-0.2, -0.15) is 0 Å². The second-order valence-corrected chi connectivity index (χ2v) is 16.0. The highest BCUT2D eigenvalue weighted by Gasteiger charge is 2.51. The molecule has 6 heteroatoms. The van der Waals surface area contributed by atoms with Crippen LogP contribution in [-0.4, -0.2) is 44.5 Å². The Bertz CT molecular complexity index is 1040. The molecule has 5 nitrogen and oxygen atoms in total. The standard InChI is InChI=1S/C33H46O5Si/c1-9-18-29(31-28(11-3)36-33(7,8)37-31)35-30(34)24-23-25(10-2)38-39(32(4,5)6,26-19-14-12-15-20-26)27-21-16-13-17-22-27/h10-17,19-22,25,28-29,31H,2-3,9,18,23-24H2,1,4-8H3/t25-,28-,29+,31-/m0/s1. The fourth-order valence-electron chi connectivity index (χ4n) is 5.49. The lowest BCUT2D eigenvalue weighted by atomic mass is 10.0. The number of benzene rings is 2. The first-order chi connectivity index (χ1) is 18.5. The third-order valence-corrected chi connectivity index (χ3v) is 12.3. The van der Waals surface area contributed by atoms with Gasteiger partial charge in [0.1, 0.15) is 18.3 Å². The Morgan fingerprint density at radius 2 is 1.56 bits per heavy atom. The van der Waals surface area contributed by atoms with Crippen molar-refractivity contribution in [2.24, 2.45) is 0 Å². The summed E-state index contributed by atoms with van der Waals surface area (Å²) < 4.78 is 25.2. The van der Waals surface area contributed by atoms with Gasteiger partial charge in [-0.1, -0.05) is 107 Å². The van der Waals surface area contributed by atoms with Gasteiger partial charge in [0.25, 0.3) is 8.32 Å². The van der Waals surface area contributed by atoms with E-state index in [0.29, 0.717) is 12.8 Å². The summed E-state index contributed by atoms with van der Waals surface area (Å²) in [6, 6.07) is 21.0. The molecule has 2 aromatic carbocycles. The molecule has 212 valence electrons. The molecule has 1 heterocycles. The van der Waals surface area contributed by atoms with E-state index in [-0.39, 0.29) is 35.7 Å². The van der Waals surface area contributed by atoms with Gasteiger partial charge in [-0.3, -0.25) is 4.79 Å². The lowest BCUT2D eigenvalue weighted by molar-refractivity contribution is -0.171. The van der Waals surface area contributed by atoms with E-state index in [9.17, 15) is 4.79 Å². The van der Waals surface area contributed by atoms with Crippen molar-refractivity contribution in [1.82, 2.24) is 0 Å². The number of esters is 1. The summed E-state index contributed by atoms with van der Waals surface area (Å²) in [5.74, 6) is -1.03. The van der Waals surface area contributed by atoms with Crippen LogP contribution >= 0.6 is 0 Å². The van der Waals surface area contributed by atoms with Crippen LogP contribution in [0.3, 0.4) is 0 Å². The number of rotatable bonds is 13. The van der Waals surface area contributed by atoms with Gasteiger partial charge in [0, 0.05) is 6.42 Å². The lowest BCUT2D eigenvalue weighted by Crippen LogP contribution is -2.67. The van der Waals surface area contributed by atoms with Gasteiger partial charge in [0.05, 0.1) is 6.10 Å². The highest BCUT2D eigenvalue weighted by atomic mass is 28.4. The molecule has 0 N–H and O–H groups in total. The van der Waals surface area contributed by atoms with Crippen LogP contribution in [0.4, 0.5) is 0 Å². The largest absolute Gasteiger partial charge is 0.459 e. The second kappa shape index (κ2) is 13.2. The Balaban J connectivity index is 1.80. The van der Waals surface area contributed by atoms with Crippen LogP contribution in [0.5, 0.6) is 0 Å². The topological polar surface area (TPSA) is 54.0 Å². The summed E-state index contributed by atoms with van der Waals surface area (Å²) in [7, 11) is -2.77. The van der Waals surface area contributed by atoms with E-state index in [1.165, 1.54) is 10.4 Å². The summed E-state index contributed by atoms with van der Waals surface area (Å²) in [4.78, 5) is 13.1. The van der Waals surface area contributed by atoms with Crippen LogP contribution in [0.1, 0.15) is 67.2 Å².